The Morgan fingerprint density at radius 1 is 1.05 bits per heavy atom. The van der Waals surface area contributed by atoms with Crippen molar-refractivity contribution in [1.29, 1.82) is 0 Å². The summed E-state index contributed by atoms with van der Waals surface area (Å²) in [4.78, 5) is 15.5. The molecule has 3 heteroatoms. The Balaban J connectivity index is 1.93. The zero-order chi connectivity index (χ0) is 15.9. The topological polar surface area (TPSA) is 20.3 Å². The Hall–Kier alpha value is -1.74. The fraction of sp³-hybridized carbons (Fsp3) is 0.316. The maximum absolute atomic E-state index is 12.4. The lowest BCUT2D eigenvalue weighted by Gasteiger charge is -2.25. The largest absolute Gasteiger partial charge is 0.342 e. The van der Waals surface area contributed by atoms with Gasteiger partial charge in [-0.2, -0.15) is 0 Å². The molecule has 2 nitrogen and oxygen atoms in total. The van der Waals surface area contributed by atoms with Crippen LogP contribution in [0, 0.1) is 0 Å². The summed E-state index contributed by atoms with van der Waals surface area (Å²) in [6, 6.07) is 18.7. The molecule has 116 valence electrons. The molecule has 0 N–H and O–H groups in total. The summed E-state index contributed by atoms with van der Waals surface area (Å²) in [5, 5.41) is 0. The predicted molar refractivity (Wildman–Crippen MR) is 94.3 cm³/mol. The van der Waals surface area contributed by atoms with Gasteiger partial charge in [0, 0.05) is 18.0 Å². The smallest absolute Gasteiger partial charge is 0.226 e. The molecule has 0 fully saturated rings. The van der Waals surface area contributed by atoms with Crippen LogP contribution in [-0.4, -0.2) is 30.2 Å². The number of benzene rings is 2. The Bertz CT molecular complexity index is 595. The minimum absolute atomic E-state index is 0.167. The standard InChI is InChI=1S/C19H23NOS/c1-15(13-16-7-5-4-6-8-16)20(2)19(21)14-17-9-11-18(22-3)12-10-17/h4-12,15H,13-14H2,1-3H3/t15-/m1/s1. The molecule has 22 heavy (non-hydrogen) atoms. The van der Waals surface area contributed by atoms with Gasteiger partial charge in [-0.05, 0) is 42.9 Å². The van der Waals surface area contributed by atoms with E-state index in [1.165, 1.54) is 10.5 Å². The lowest BCUT2D eigenvalue weighted by molar-refractivity contribution is -0.130. The minimum Gasteiger partial charge on any atom is -0.342 e. The van der Waals surface area contributed by atoms with E-state index in [2.05, 4.69) is 37.4 Å². The van der Waals surface area contributed by atoms with Gasteiger partial charge < -0.3 is 4.90 Å². The molecule has 1 atom stereocenters. The van der Waals surface area contributed by atoms with E-state index in [0.29, 0.717) is 6.42 Å². The van der Waals surface area contributed by atoms with Gasteiger partial charge in [0.2, 0.25) is 5.91 Å². The Labute approximate surface area is 137 Å². The highest BCUT2D eigenvalue weighted by Gasteiger charge is 2.16. The second kappa shape index (κ2) is 8.04. The van der Waals surface area contributed by atoms with Crippen LogP contribution in [-0.2, 0) is 17.6 Å². The quantitative estimate of drug-likeness (QED) is 0.750. The van der Waals surface area contributed by atoms with E-state index < -0.39 is 0 Å². The molecule has 2 rings (SSSR count). The molecule has 0 aliphatic carbocycles. The van der Waals surface area contributed by atoms with Gasteiger partial charge in [0.1, 0.15) is 0 Å². The highest BCUT2D eigenvalue weighted by atomic mass is 32.2. The van der Waals surface area contributed by atoms with Crippen LogP contribution in [0.4, 0.5) is 0 Å². The molecule has 0 aliphatic heterocycles. The Morgan fingerprint density at radius 3 is 2.27 bits per heavy atom. The van der Waals surface area contributed by atoms with E-state index in [0.717, 1.165) is 12.0 Å². The summed E-state index contributed by atoms with van der Waals surface area (Å²) in [5.41, 5.74) is 2.33. The summed E-state index contributed by atoms with van der Waals surface area (Å²) in [6.07, 6.45) is 3.40. The average molecular weight is 313 g/mol. The SMILES string of the molecule is CSc1ccc(CC(=O)N(C)[C@H](C)Cc2ccccc2)cc1. The van der Waals surface area contributed by atoms with E-state index in [9.17, 15) is 4.79 Å². The number of rotatable bonds is 6. The number of hydrogen-bond acceptors (Lipinski definition) is 2. The van der Waals surface area contributed by atoms with Crippen molar-refractivity contribution in [2.75, 3.05) is 13.3 Å². The number of likely N-dealkylation sites (N-methyl/N-ethyl adjacent to an activating group) is 1. The van der Waals surface area contributed by atoms with Crippen molar-refractivity contribution >= 4 is 17.7 Å². The van der Waals surface area contributed by atoms with Crippen LogP contribution in [0.15, 0.2) is 59.5 Å². The third-order valence-electron chi connectivity index (χ3n) is 3.94. The molecule has 0 aliphatic rings. The van der Waals surface area contributed by atoms with E-state index in [4.69, 9.17) is 0 Å². The van der Waals surface area contributed by atoms with Crippen molar-refractivity contribution in [2.24, 2.45) is 0 Å². The van der Waals surface area contributed by atoms with Crippen molar-refractivity contribution < 1.29 is 4.79 Å². The van der Waals surface area contributed by atoms with Crippen LogP contribution in [0.3, 0.4) is 0 Å². The fourth-order valence-electron chi connectivity index (χ4n) is 2.38. The van der Waals surface area contributed by atoms with Crippen LogP contribution in [0.5, 0.6) is 0 Å². The first kappa shape index (κ1) is 16.6. The van der Waals surface area contributed by atoms with E-state index in [1.54, 1.807) is 11.8 Å². The first-order valence-electron chi connectivity index (χ1n) is 7.52. The maximum Gasteiger partial charge on any atom is 0.226 e. The molecule has 0 saturated carbocycles. The van der Waals surface area contributed by atoms with E-state index in [-0.39, 0.29) is 11.9 Å². The lowest BCUT2D eigenvalue weighted by atomic mass is 10.1. The molecular formula is C19H23NOS. The first-order chi connectivity index (χ1) is 10.6. The van der Waals surface area contributed by atoms with Crippen molar-refractivity contribution in [3.05, 3.63) is 65.7 Å². The van der Waals surface area contributed by atoms with Crippen molar-refractivity contribution in [3.8, 4) is 0 Å². The molecule has 0 bridgehead atoms. The number of hydrogen-bond donors (Lipinski definition) is 0. The first-order valence-corrected chi connectivity index (χ1v) is 8.75. The van der Waals surface area contributed by atoms with Crippen molar-refractivity contribution in [1.82, 2.24) is 4.90 Å². The molecule has 0 aromatic heterocycles. The second-order valence-electron chi connectivity index (χ2n) is 5.57. The Kier molecular flexibility index (Phi) is 6.08. The molecule has 0 radical (unpaired) electrons. The summed E-state index contributed by atoms with van der Waals surface area (Å²) in [5.74, 6) is 0.167. The van der Waals surface area contributed by atoms with Crippen LogP contribution in [0.1, 0.15) is 18.1 Å². The van der Waals surface area contributed by atoms with Crippen LogP contribution in [0.2, 0.25) is 0 Å². The molecule has 2 aromatic carbocycles. The summed E-state index contributed by atoms with van der Waals surface area (Å²) in [6.45, 7) is 2.10. The normalized spacial score (nSPS) is 12.0. The maximum atomic E-state index is 12.4. The zero-order valence-corrected chi connectivity index (χ0v) is 14.3. The molecule has 0 unspecified atom stereocenters. The average Bonchev–Trinajstić information content (AvgIpc) is 2.55. The third-order valence-corrected chi connectivity index (χ3v) is 4.69. The number of amides is 1. The number of nitrogens with zero attached hydrogens (tertiary/aromatic N) is 1. The molecule has 0 saturated heterocycles. The summed E-state index contributed by atoms with van der Waals surface area (Å²) >= 11 is 1.71. The van der Waals surface area contributed by atoms with Crippen LogP contribution < -0.4 is 0 Å². The molecule has 0 heterocycles. The van der Waals surface area contributed by atoms with Gasteiger partial charge in [0.15, 0.2) is 0 Å². The van der Waals surface area contributed by atoms with Gasteiger partial charge >= 0.3 is 0 Å². The molecular weight excluding hydrogens is 290 g/mol. The van der Waals surface area contributed by atoms with Crippen LogP contribution >= 0.6 is 11.8 Å². The van der Waals surface area contributed by atoms with Crippen molar-refractivity contribution in [3.63, 3.8) is 0 Å². The summed E-state index contributed by atoms with van der Waals surface area (Å²) < 4.78 is 0. The van der Waals surface area contributed by atoms with Crippen molar-refractivity contribution in [2.45, 2.75) is 30.7 Å². The number of thioether (sulfide) groups is 1. The highest BCUT2D eigenvalue weighted by Crippen LogP contribution is 2.16. The van der Waals surface area contributed by atoms with Gasteiger partial charge in [0.25, 0.3) is 0 Å². The second-order valence-corrected chi connectivity index (χ2v) is 6.45. The van der Waals surface area contributed by atoms with Gasteiger partial charge in [0.05, 0.1) is 6.42 Å². The van der Waals surface area contributed by atoms with E-state index in [1.807, 2.05) is 42.3 Å². The number of carbonyl (C=O) groups excluding carboxylic acids is 1. The highest BCUT2D eigenvalue weighted by molar-refractivity contribution is 7.98. The third kappa shape index (κ3) is 4.63. The van der Waals surface area contributed by atoms with Crippen LogP contribution in [0.25, 0.3) is 0 Å². The fourth-order valence-corrected chi connectivity index (χ4v) is 2.79. The lowest BCUT2D eigenvalue weighted by Crippen LogP contribution is -2.37. The number of carbonyl (C=O) groups is 1. The molecule has 2 aromatic rings. The van der Waals surface area contributed by atoms with Gasteiger partial charge in [-0.25, -0.2) is 0 Å². The Morgan fingerprint density at radius 2 is 1.68 bits per heavy atom. The summed E-state index contributed by atoms with van der Waals surface area (Å²) in [7, 11) is 1.90. The van der Waals surface area contributed by atoms with Gasteiger partial charge in [-0.3, -0.25) is 4.79 Å². The molecule has 0 spiro atoms. The van der Waals surface area contributed by atoms with E-state index >= 15 is 0 Å². The minimum atomic E-state index is 0.167. The molecule has 1 amide bonds. The zero-order valence-electron chi connectivity index (χ0n) is 13.5. The monoisotopic (exact) mass is 313 g/mol. The predicted octanol–water partition coefficient (Wildman–Crippen LogP) is 4.04. The van der Waals surface area contributed by atoms with Gasteiger partial charge in [-0.15, -0.1) is 11.8 Å². The van der Waals surface area contributed by atoms with Gasteiger partial charge in [-0.1, -0.05) is 42.5 Å².